The maximum Gasteiger partial charge on any atom is 0.322 e. The number of carboxylic acids is 1. The zero-order valence-corrected chi connectivity index (χ0v) is 14.2. The second-order valence-corrected chi connectivity index (χ2v) is 7.91. The van der Waals surface area contributed by atoms with E-state index in [1.165, 1.54) is 19.1 Å². The second kappa shape index (κ2) is 6.54. The Bertz CT molecular complexity index is 705. The highest BCUT2D eigenvalue weighted by Gasteiger charge is 2.41. The Kier molecular flexibility index (Phi) is 5.07. The summed E-state index contributed by atoms with van der Waals surface area (Å²) in [7, 11) is -0.378. The van der Waals surface area contributed by atoms with Crippen molar-refractivity contribution in [3.8, 4) is 0 Å². The summed E-state index contributed by atoms with van der Waals surface area (Å²) in [6.45, 7) is 1.63. The Hall–Kier alpha value is -1.51. The smallest absolute Gasteiger partial charge is 0.322 e. The molecule has 0 radical (unpaired) electrons. The van der Waals surface area contributed by atoms with Gasteiger partial charge in [-0.3, -0.25) is 4.79 Å². The van der Waals surface area contributed by atoms with E-state index in [-0.39, 0.29) is 23.9 Å². The molecule has 0 saturated carbocycles. The van der Waals surface area contributed by atoms with E-state index in [0.29, 0.717) is 12.0 Å². The first-order chi connectivity index (χ1) is 10.6. The molecular formula is C15H21FN2O4S. The third-order valence-corrected chi connectivity index (χ3v) is 6.20. The van der Waals surface area contributed by atoms with E-state index in [0.717, 1.165) is 10.4 Å². The summed E-state index contributed by atoms with van der Waals surface area (Å²) < 4.78 is 40.1. The molecule has 2 unspecified atom stereocenters. The predicted molar refractivity (Wildman–Crippen MR) is 83.2 cm³/mol. The minimum atomic E-state index is -4.05. The number of benzene rings is 1. The summed E-state index contributed by atoms with van der Waals surface area (Å²) >= 11 is 0. The van der Waals surface area contributed by atoms with Gasteiger partial charge in [0.2, 0.25) is 10.0 Å². The summed E-state index contributed by atoms with van der Waals surface area (Å²) in [6, 6.07) is 2.49. The van der Waals surface area contributed by atoms with E-state index >= 15 is 0 Å². The van der Waals surface area contributed by atoms with E-state index < -0.39 is 27.9 Å². The highest BCUT2D eigenvalue weighted by molar-refractivity contribution is 7.89. The Morgan fingerprint density at radius 3 is 2.57 bits per heavy atom. The molecule has 1 heterocycles. The van der Waals surface area contributed by atoms with Crippen molar-refractivity contribution in [2.24, 2.45) is 0 Å². The third kappa shape index (κ3) is 3.54. The van der Waals surface area contributed by atoms with Crippen LogP contribution < -0.4 is 0 Å². The molecule has 23 heavy (non-hydrogen) atoms. The summed E-state index contributed by atoms with van der Waals surface area (Å²) in [5.41, 5.74) is 0.338. The number of rotatable bonds is 4. The lowest BCUT2D eigenvalue weighted by Crippen LogP contribution is -2.53. The molecule has 2 atom stereocenters. The van der Waals surface area contributed by atoms with Gasteiger partial charge in [0.25, 0.3) is 0 Å². The molecule has 0 aliphatic carbocycles. The highest BCUT2D eigenvalue weighted by atomic mass is 32.2. The normalized spacial score (nSPS) is 23.2. The van der Waals surface area contributed by atoms with Gasteiger partial charge < -0.3 is 10.0 Å². The lowest BCUT2D eigenvalue weighted by molar-refractivity contribution is -0.143. The van der Waals surface area contributed by atoms with Crippen molar-refractivity contribution in [1.82, 2.24) is 9.21 Å². The first-order valence-corrected chi connectivity index (χ1v) is 8.76. The maximum absolute atomic E-state index is 13.7. The molecule has 1 saturated heterocycles. The van der Waals surface area contributed by atoms with Crippen molar-refractivity contribution in [2.75, 3.05) is 20.6 Å². The maximum atomic E-state index is 13.7. The number of sulfonamides is 1. The molecule has 1 aromatic rings. The largest absolute Gasteiger partial charge is 0.480 e. The van der Waals surface area contributed by atoms with E-state index in [9.17, 15) is 22.7 Å². The lowest BCUT2D eigenvalue weighted by atomic mass is 9.99. The minimum absolute atomic E-state index is 0.00250. The number of piperidine rings is 1. The Labute approximate surface area is 135 Å². The van der Waals surface area contributed by atoms with Gasteiger partial charge in [-0.1, -0.05) is 6.07 Å². The number of aryl methyl sites for hydroxylation is 1. The van der Waals surface area contributed by atoms with Gasteiger partial charge >= 0.3 is 5.97 Å². The molecular weight excluding hydrogens is 323 g/mol. The lowest BCUT2D eigenvalue weighted by Gasteiger charge is -2.38. The van der Waals surface area contributed by atoms with Crippen LogP contribution in [-0.4, -0.2) is 61.4 Å². The zero-order valence-electron chi connectivity index (χ0n) is 13.4. The van der Waals surface area contributed by atoms with Crippen molar-refractivity contribution in [3.63, 3.8) is 0 Å². The van der Waals surface area contributed by atoms with E-state index in [1.54, 1.807) is 0 Å². The molecule has 1 aliphatic rings. The molecule has 2 rings (SSSR count). The summed E-state index contributed by atoms with van der Waals surface area (Å²) in [5.74, 6) is -1.81. The fraction of sp³-hybridized carbons (Fsp3) is 0.533. The van der Waals surface area contributed by atoms with Gasteiger partial charge in [-0.15, -0.1) is 0 Å². The van der Waals surface area contributed by atoms with Gasteiger partial charge in [-0.05, 0) is 51.6 Å². The molecule has 0 aromatic heterocycles. The molecule has 1 aliphatic heterocycles. The van der Waals surface area contributed by atoms with Crippen LogP contribution in [0.1, 0.15) is 18.4 Å². The molecule has 1 N–H and O–H groups in total. The van der Waals surface area contributed by atoms with Gasteiger partial charge in [0, 0.05) is 12.6 Å². The van der Waals surface area contributed by atoms with Gasteiger partial charge in [0.05, 0.1) is 4.90 Å². The topological polar surface area (TPSA) is 77.9 Å². The Balaban J connectivity index is 2.37. The number of nitrogens with zero attached hydrogens (tertiary/aromatic N) is 2. The van der Waals surface area contributed by atoms with Crippen LogP contribution in [0.2, 0.25) is 0 Å². The molecule has 0 bridgehead atoms. The fourth-order valence-electron chi connectivity index (χ4n) is 2.78. The van der Waals surface area contributed by atoms with Gasteiger partial charge in [0.15, 0.2) is 0 Å². The minimum Gasteiger partial charge on any atom is -0.480 e. The summed E-state index contributed by atoms with van der Waals surface area (Å²) in [5, 5.41) is 9.42. The van der Waals surface area contributed by atoms with Gasteiger partial charge in [0.1, 0.15) is 11.9 Å². The van der Waals surface area contributed by atoms with Crippen molar-refractivity contribution in [1.29, 1.82) is 0 Å². The van der Waals surface area contributed by atoms with Crippen LogP contribution in [0.3, 0.4) is 0 Å². The van der Waals surface area contributed by atoms with Crippen LogP contribution in [-0.2, 0) is 14.8 Å². The fourth-order valence-corrected chi connectivity index (χ4v) is 4.40. The van der Waals surface area contributed by atoms with Crippen molar-refractivity contribution in [2.45, 2.75) is 36.7 Å². The summed E-state index contributed by atoms with van der Waals surface area (Å²) in [6.07, 6.45) is 0.736. The monoisotopic (exact) mass is 344 g/mol. The van der Waals surface area contributed by atoms with Crippen molar-refractivity contribution in [3.05, 3.63) is 29.6 Å². The van der Waals surface area contributed by atoms with Crippen LogP contribution in [0.25, 0.3) is 0 Å². The van der Waals surface area contributed by atoms with Crippen LogP contribution in [0.4, 0.5) is 4.39 Å². The van der Waals surface area contributed by atoms with Crippen LogP contribution >= 0.6 is 0 Å². The molecule has 1 fully saturated rings. The Morgan fingerprint density at radius 2 is 2.04 bits per heavy atom. The van der Waals surface area contributed by atoms with Crippen molar-refractivity contribution >= 4 is 16.0 Å². The molecule has 128 valence electrons. The molecule has 8 heteroatoms. The number of hydrogen-bond donors (Lipinski definition) is 1. The first kappa shape index (κ1) is 17.8. The zero-order chi connectivity index (χ0) is 17.4. The number of aliphatic carboxylic acids is 1. The molecule has 0 amide bonds. The summed E-state index contributed by atoms with van der Waals surface area (Å²) in [4.78, 5) is 13.2. The standard InChI is InChI=1S/C15H21FN2O4S/c1-10-4-5-12(9-13(10)16)23(21,22)18-7-6-11(17(2)3)8-14(18)15(19)20/h4-5,9,11,14H,6-8H2,1-3H3,(H,19,20). The predicted octanol–water partition coefficient (Wildman–Crippen LogP) is 1.30. The number of hydrogen-bond acceptors (Lipinski definition) is 4. The van der Waals surface area contributed by atoms with Gasteiger partial charge in [-0.25, -0.2) is 12.8 Å². The molecule has 0 spiro atoms. The van der Waals surface area contributed by atoms with Crippen molar-refractivity contribution < 1.29 is 22.7 Å². The third-order valence-electron chi connectivity index (χ3n) is 4.29. The number of halogens is 1. The highest BCUT2D eigenvalue weighted by Crippen LogP contribution is 2.28. The SMILES string of the molecule is Cc1ccc(S(=O)(=O)N2CCC(N(C)C)CC2C(=O)O)cc1F. The van der Waals surface area contributed by atoms with Crippen LogP contribution in [0.15, 0.2) is 23.1 Å². The van der Waals surface area contributed by atoms with Crippen LogP contribution in [0, 0.1) is 12.7 Å². The van der Waals surface area contributed by atoms with E-state index in [1.807, 2.05) is 19.0 Å². The van der Waals surface area contributed by atoms with E-state index in [4.69, 9.17) is 0 Å². The average molecular weight is 344 g/mol. The number of carboxylic acid groups (broad SMARTS) is 1. The van der Waals surface area contributed by atoms with E-state index in [2.05, 4.69) is 0 Å². The van der Waals surface area contributed by atoms with Crippen LogP contribution in [0.5, 0.6) is 0 Å². The van der Waals surface area contributed by atoms with Gasteiger partial charge in [-0.2, -0.15) is 4.31 Å². The molecule has 6 nitrogen and oxygen atoms in total. The Morgan fingerprint density at radius 1 is 1.39 bits per heavy atom. The quantitative estimate of drug-likeness (QED) is 0.891. The average Bonchev–Trinajstić information content (AvgIpc) is 2.49. The second-order valence-electron chi connectivity index (χ2n) is 6.02. The first-order valence-electron chi connectivity index (χ1n) is 7.32. The number of carbonyl (C=O) groups is 1. The molecule has 1 aromatic carbocycles.